The van der Waals surface area contributed by atoms with Gasteiger partial charge in [0, 0.05) is 72.5 Å². The van der Waals surface area contributed by atoms with Gasteiger partial charge in [0.1, 0.15) is 5.03 Å². The van der Waals surface area contributed by atoms with Crippen molar-refractivity contribution in [2.75, 3.05) is 32.7 Å². The zero-order valence-electron chi connectivity index (χ0n) is 21.3. The average molecular weight is 593 g/mol. The summed E-state index contributed by atoms with van der Waals surface area (Å²) >= 11 is 7.44. The van der Waals surface area contributed by atoms with Crippen LogP contribution in [0, 0.1) is 0 Å². The molecule has 0 spiro atoms. The lowest BCUT2D eigenvalue weighted by molar-refractivity contribution is -0.128. The number of hydrogen-bond acceptors (Lipinski definition) is 8. The number of β-amino-alcohol motifs (C(OH)–C–C–N with tert-alkyl or cyclic N) is 1. The molecule has 0 bridgehead atoms. The van der Waals surface area contributed by atoms with E-state index >= 15 is 0 Å². The van der Waals surface area contributed by atoms with Crippen molar-refractivity contribution in [3.05, 3.63) is 44.9 Å². The number of aliphatic hydroxyl groups excluding tert-OH is 1. The predicted octanol–water partition coefficient (Wildman–Crippen LogP) is 1.42. The van der Waals surface area contributed by atoms with Gasteiger partial charge in [-0.1, -0.05) is 11.6 Å². The van der Waals surface area contributed by atoms with E-state index in [0.717, 1.165) is 17.0 Å². The van der Waals surface area contributed by atoms with Gasteiger partial charge < -0.3 is 25.2 Å². The van der Waals surface area contributed by atoms with Crippen molar-refractivity contribution >= 4 is 55.7 Å². The zero-order valence-corrected chi connectivity index (χ0v) is 23.7. The van der Waals surface area contributed by atoms with Gasteiger partial charge in [-0.2, -0.15) is 4.31 Å². The summed E-state index contributed by atoms with van der Waals surface area (Å²) in [5.74, 6) is -0.483. The second-order valence-corrected chi connectivity index (χ2v) is 13.8. The number of sulfonamides is 1. The molecule has 2 saturated heterocycles. The average Bonchev–Trinajstić information content (AvgIpc) is 3.59. The first kappa shape index (κ1) is 26.7. The van der Waals surface area contributed by atoms with Crippen LogP contribution >= 0.6 is 22.9 Å². The summed E-state index contributed by atoms with van der Waals surface area (Å²) in [6.07, 6.45) is -0.0155. The van der Waals surface area contributed by atoms with Crippen LogP contribution in [0.3, 0.4) is 0 Å². The normalized spacial score (nSPS) is 24.5. The molecule has 3 N–H and O–H groups in total. The Kier molecular flexibility index (Phi) is 6.92. The smallest absolute Gasteiger partial charge is 0.283 e. The summed E-state index contributed by atoms with van der Waals surface area (Å²) in [4.78, 5) is 38.0. The summed E-state index contributed by atoms with van der Waals surface area (Å²) in [6, 6.07) is 6.33. The highest BCUT2D eigenvalue weighted by molar-refractivity contribution is 7.89. The number of nitrogens with zero attached hydrogens (tertiary/aromatic N) is 4. The van der Waals surface area contributed by atoms with E-state index in [9.17, 15) is 23.1 Å². The highest BCUT2D eigenvalue weighted by Gasteiger charge is 2.41. The molecule has 3 aliphatic heterocycles. The number of benzene rings is 1. The van der Waals surface area contributed by atoms with Crippen LogP contribution in [-0.2, 0) is 27.8 Å². The van der Waals surface area contributed by atoms with E-state index in [1.54, 1.807) is 29.2 Å². The van der Waals surface area contributed by atoms with Gasteiger partial charge in [-0.25, -0.2) is 13.4 Å². The highest BCUT2D eigenvalue weighted by atomic mass is 35.5. The number of H-pyrrole nitrogens is 1. The second kappa shape index (κ2) is 10.1. The van der Waals surface area contributed by atoms with Crippen LogP contribution in [0.15, 0.2) is 29.3 Å². The van der Waals surface area contributed by atoms with Gasteiger partial charge in [0.25, 0.3) is 15.9 Å². The van der Waals surface area contributed by atoms with E-state index in [-0.39, 0.29) is 62.0 Å². The van der Waals surface area contributed by atoms with Crippen molar-refractivity contribution in [2.24, 2.45) is 0 Å². The molecule has 3 atom stereocenters. The zero-order chi connectivity index (χ0) is 27.5. The molecule has 5 heterocycles. The summed E-state index contributed by atoms with van der Waals surface area (Å²) < 4.78 is 28.7. The number of likely N-dealkylation sites (tertiary alicyclic amines) is 1. The number of rotatable bonds is 5. The van der Waals surface area contributed by atoms with Gasteiger partial charge in [0.2, 0.25) is 5.91 Å². The highest BCUT2D eigenvalue weighted by Crippen LogP contribution is 2.29. The molecular weight excluding hydrogens is 564 g/mol. The number of halogens is 1. The molecule has 14 heteroatoms. The third-order valence-corrected chi connectivity index (χ3v) is 10.7. The molecule has 0 saturated carbocycles. The molecular formula is C25H29ClN6O5S2. The van der Waals surface area contributed by atoms with E-state index in [1.807, 2.05) is 0 Å². The molecule has 2 aromatic heterocycles. The van der Waals surface area contributed by atoms with E-state index in [2.05, 4.69) is 22.2 Å². The van der Waals surface area contributed by atoms with Gasteiger partial charge in [0.15, 0.2) is 5.01 Å². The largest absolute Gasteiger partial charge is 0.391 e. The molecule has 0 radical (unpaired) electrons. The van der Waals surface area contributed by atoms with Crippen LogP contribution in [0.5, 0.6) is 0 Å². The van der Waals surface area contributed by atoms with Gasteiger partial charge in [-0.15, -0.1) is 11.3 Å². The number of nitrogens with one attached hydrogen (secondary N) is 2. The quantitative estimate of drug-likeness (QED) is 0.407. The van der Waals surface area contributed by atoms with E-state index in [1.165, 1.54) is 20.5 Å². The molecule has 39 heavy (non-hydrogen) atoms. The van der Waals surface area contributed by atoms with Crippen LogP contribution in [0.1, 0.15) is 33.7 Å². The maximum Gasteiger partial charge on any atom is 0.283 e. The molecule has 1 aromatic carbocycles. The summed E-state index contributed by atoms with van der Waals surface area (Å²) in [5.41, 5.74) is 1.57. The van der Waals surface area contributed by atoms with Gasteiger partial charge >= 0.3 is 0 Å². The number of carbonyl (C=O) groups is 2. The molecule has 0 aliphatic carbocycles. The molecule has 208 valence electrons. The van der Waals surface area contributed by atoms with Crippen molar-refractivity contribution in [3.63, 3.8) is 0 Å². The van der Waals surface area contributed by atoms with Gasteiger partial charge in [-0.05, 0) is 31.2 Å². The summed E-state index contributed by atoms with van der Waals surface area (Å²) in [5, 5.41) is 15.0. The second-order valence-electron chi connectivity index (χ2n) is 10.4. The third-order valence-electron chi connectivity index (χ3n) is 7.58. The molecule has 2 fully saturated rings. The minimum atomic E-state index is -3.93. The van der Waals surface area contributed by atoms with Crippen LogP contribution in [0.4, 0.5) is 0 Å². The van der Waals surface area contributed by atoms with Crippen molar-refractivity contribution in [1.29, 1.82) is 0 Å². The number of aromatic amines is 1. The minimum absolute atomic E-state index is 0.00769. The van der Waals surface area contributed by atoms with E-state index in [4.69, 9.17) is 11.6 Å². The molecule has 3 unspecified atom stereocenters. The first-order valence-electron chi connectivity index (χ1n) is 12.9. The topological polar surface area (TPSA) is 139 Å². The number of piperazine rings is 1. The fourth-order valence-corrected chi connectivity index (χ4v) is 8.19. The van der Waals surface area contributed by atoms with Crippen molar-refractivity contribution in [2.45, 2.75) is 49.5 Å². The number of thiazole rings is 1. The SMILES string of the molecule is CC1Cc2nc(C(=O)N3CCN(S(=O)(=O)c4cc5cc(Cl)ccc5[nH]4)CC3CN3CC(O)CC3=O)sc2CN1. The Morgan fingerprint density at radius 1 is 1.23 bits per heavy atom. The summed E-state index contributed by atoms with van der Waals surface area (Å²) in [6.45, 7) is 3.27. The maximum absolute atomic E-state index is 13.7. The Morgan fingerprint density at radius 2 is 2.05 bits per heavy atom. The van der Waals surface area contributed by atoms with Crippen molar-refractivity contribution < 1.29 is 23.1 Å². The van der Waals surface area contributed by atoms with Crippen LogP contribution < -0.4 is 5.32 Å². The fourth-order valence-electron chi connectivity index (χ4n) is 5.53. The number of amides is 2. The van der Waals surface area contributed by atoms with Gasteiger partial charge in [0.05, 0.1) is 24.3 Å². The third kappa shape index (κ3) is 5.07. The Bertz CT molecular complexity index is 1560. The Balaban J connectivity index is 1.28. The lowest BCUT2D eigenvalue weighted by atomic mass is 10.1. The number of carbonyl (C=O) groups excluding carboxylic acids is 2. The minimum Gasteiger partial charge on any atom is -0.391 e. The molecule has 2 amide bonds. The molecule has 3 aromatic rings. The Morgan fingerprint density at radius 3 is 2.82 bits per heavy atom. The number of aromatic nitrogens is 2. The first-order chi connectivity index (χ1) is 18.6. The predicted molar refractivity (Wildman–Crippen MR) is 146 cm³/mol. The van der Waals surface area contributed by atoms with Crippen LogP contribution in [0.25, 0.3) is 10.9 Å². The Hall–Kier alpha value is -2.55. The Labute approximate surface area is 234 Å². The standard InChI is InChI=1S/C25H29ClN6O5S2/c1-14-6-20-21(10-27-14)38-24(29-20)25(35)32-5-4-31(12-17(32)11-30-13-18(33)9-23(30)34)39(36,37)22-8-15-7-16(26)2-3-19(15)28-22/h2-3,7-8,14,17-18,27-28,33H,4-6,9-13H2,1H3. The molecule has 6 rings (SSSR count). The summed E-state index contributed by atoms with van der Waals surface area (Å²) in [7, 11) is -3.93. The monoisotopic (exact) mass is 592 g/mol. The lowest BCUT2D eigenvalue weighted by Gasteiger charge is -2.41. The van der Waals surface area contributed by atoms with Crippen molar-refractivity contribution in [3.8, 4) is 0 Å². The molecule has 3 aliphatic rings. The number of fused-ring (bicyclic) bond motifs is 2. The van der Waals surface area contributed by atoms with E-state index in [0.29, 0.717) is 27.5 Å². The lowest BCUT2D eigenvalue weighted by Crippen LogP contribution is -2.59. The van der Waals surface area contributed by atoms with Crippen molar-refractivity contribution in [1.82, 2.24) is 29.4 Å². The fraction of sp³-hybridized carbons (Fsp3) is 0.480. The maximum atomic E-state index is 13.7. The number of hydrogen-bond donors (Lipinski definition) is 3. The van der Waals surface area contributed by atoms with E-state index < -0.39 is 22.2 Å². The first-order valence-corrected chi connectivity index (χ1v) is 15.5. The van der Waals surface area contributed by atoms with Gasteiger partial charge in [-0.3, -0.25) is 9.59 Å². The van der Waals surface area contributed by atoms with Crippen LogP contribution in [-0.4, -0.2) is 100 Å². The molecule has 11 nitrogen and oxygen atoms in total. The number of aliphatic hydroxyl groups is 1. The van der Waals surface area contributed by atoms with Crippen LogP contribution in [0.2, 0.25) is 5.02 Å².